The summed E-state index contributed by atoms with van der Waals surface area (Å²) in [6.07, 6.45) is 3.26. The number of benzene rings is 1. The van der Waals surface area contributed by atoms with Crippen molar-refractivity contribution in [3.05, 3.63) is 66.1 Å². The Balaban J connectivity index is 2.16. The topological polar surface area (TPSA) is 76.0 Å². The van der Waals surface area contributed by atoms with Gasteiger partial charge in [-0.3, -0.25) is 4.98 Å². The number of nitrogens with zero attached hydrogens (tertiary/aromatic N) is 3. The Hall–Kier alpha value is -3.08. The SMILES string of the molecule is Cc1ccc(-c2cc(C(=O)O)nc(-c3cccnc3)n2)cc1. The van der Waals surface area contributed by atoms with E-state index in [9.17, 15) is 9.90 Å². The van der Waals surface area contributed by atoms with Gasteiger partial charge in [0.25, 0.3) is 0 Å². The fraction of sp³-hybridized carbons (Fsp3) is 0.0588. The lowest BCUT2D eigenvalue weighted by molar-refractivity contribution is 0.0690. The van der Waals surface area contributed by atoms with Crippen molar-refractivity contribution in [2.75, 3.05) is 0 Å². The fourth-order valence-corrected chi connectivity index (χ4v) is 2.05. The standard InChI is InChI=1S/C17H13N3O2/c1-11-4-6-12(7-5-11)14-9-15(17(21)22)20-16(19-14)13-3-2-8-18-10-13/h2-10H,1H3,(H,21,22). The van der Waals surface area contributed by atoms with Gasteiger partial charge in [0, 0.05) is 23.5 Å². The quantitative estimate of drug-likeness (QED) is 0.801. The van der Waals surface area contributed by atoms with Gasteiger partial charge in [-0.25, -0.2) is 14.8 Å². The van der Waals surface area contributed by atoms with Gasteiger partial charge in [-0.15, -0.1) is 0 Å². The Kier molecular flexibility index (Phi) is 3.62. The Morgan fingerprint density at radius 2 is 1.82 bits per heavy atom. The Labute approximate surface area is 127 Å². The number of carboxylic acids is 1. The van der Waals surface area contributed by atoms with Gasteiger partial charge < -0.3 is 5.11 Å². The lowest BCUT2D eigenvalue weighted by atomic mass is 10.1. The molecule has 0 aliphatic carbocycles. The van der Waals surface area contributed by atoms with Crippen LogP contribution in [0.2, 0.25) is 0 Å². The van der Waals surface area contributed by atoms with Crippen LogP contribution in [0.15, 0.2) is 54.9 Å². The molecule has 0 spiro atoms. The summed E-state index contributed by atoms with van der Waals surface area (Å²) in [5.74, 6) is -0.732. The highest BCUT2D eigenvalue weighted by Crippen LogP contribution is 2.22. The minimum atomic E-state index is -1.08. The number of aromatic nitrogens is 3. The van der Waals surface area contributed by atoms with Crippen molar-refractivity contribution in [2.24, 2.45) is 0 Å². The maximum absolute atomic E-state index is 11.3. The van der Waals surface area contributed by atoms with E-state index in [4.69, 9.17) is 0 Å². The molecule has 0 unspecified atom stereocenters. The number of aryl methyl sites for hydroxylation is 1. The van der Waals surface area contributed by atoms with E-state index in [-0.39, 0.29) is 5.69 Å². The van der Waals surface area contributed by atoms with Crippen molar-refractivity contribution in [2.45, 2.75) is 6.92 Å². The van der Waals surface area contributed by atoms with Gasteiger partial charge in [0.15, 0.2) is 11.5 Å². The monoisotopic (exact) mass is 291 g/mol. The molecule has 3 aromatic rings. The predicted molar refractivity (Wildman–Crippen MR) is 82.4 cm³/mol. The van der Waals surface area contributed by atoms with Gasteiger partial charge in [-0.05, 0) is 25.1 Å². The summed E-state index contributed by atoms with van der Waals surface area (Å²) in [5, 5.41) is 9.27. The van der Waals surface area contributed by atoms with Crippen molar-refractivity contribution in [1.82, 2.24) is 15.0 Å². The van der Waals surface area contributed by atoms with Crippen LogP contribution in [0.5, 0.6) is 0 Å². The first-order chi connectivity index (χ1) is 10.6. The molecule has 22 heavy (non-hydrogen) atoms. The van der Waals surface area contributed by atoms with E-state index < -0.39 is 5.97 Å². The molecule has 0 fully saturated rings. The first-order valence-corrected chi connectivity index (χ1v) is 6.73. The van der Waals surface area contributed by atoms with Crippen molar-refractivity contribution in [3.8, 4) is 22.6 Å². The molecule has 3 rings (SSSR count). The summed E-state index contributed by atoms with van der Waals surface area (Å²) in [6.45, 7) is 1.99. The van der Waals surface area contributed by atoms with Crippen LogP contribution in [0.1, 0.15) is 16.1 Å². The fourth-order valence-electron chi connectivity index (χ4n) is 2.05. The zero-order valence-corrected chi connectivity index (χ0v) is 11.9. The van der Waals surface area contributed by atoms with E-state index in [1.165, 1.54) is 6.07 Å². The Morgan fingerprint density at radius 1 is 1.05 bits per heavy atom. The van der Waals surface area contributed by atoms with Crippen LogP contribution in [0.3, 0.4) is 0 Å². The second-order valence-corrected chi connectivity index (χ2v) is 4.87. The summed E-state index contributed by atoms with van der Waals surface area (Å²) in [6, 6.07) is 12.8. The van der Waals surface area contributed by atoms with Crippen LogP contribution in [0, 0.1) is 6.92 Å². The molecule has 0 saturated heterocycles. The van der Waals surface area contributed by atoms with Gasteiger partial charge in [0.2, 0.25) is 0 Å². The zero-order valence-electron chi connectivity index (χ0n) is 11.9. The summed E-state index contributed by atoms with van der Waals surface area (Å²) in [5.41, 5.74) is 3.19. The van der Waals surface area contributed by atoms with E-state index in [1.54, 1.807) is 24.5 Å². The highest BCUT2D eigenvalue weighted by atomic mass is 16.4. The molecular formula is C17H13N3O2. The number of pyridine rings is 1. The molecule has 0 amide bonds. The van der Waals surface area contributed by atoms with Crippen molar-refractivity contribution in [3.63, 3.8) is 0 Å². The Bertz CT molecular complexity index is 815. The van der Waals surface area contributed by atoms with Gasteiger partial charge >= 0.3 is 5.97 Å². The molecule has 0 aliphatic rings. The van der Waals surface area contributed by atoms with E-state index in [1.807, 2.05) is 31.2 Å². The molecule has 0 saturated carbocycles. The van der Waals surface area contributed by atoms with Gasteiger partial charge in [0.1, 0.15) is 0 Å². The maximum atomic E-state index is 11.3. The van der Waals surface area contributed by atoms with Gasteiger partial charge in [0.05, 0.1) is 5.69 Å². The molecule has 5 heteroatoms. The average molecular weight is 291 g/mol. The molecule has 0 radical (unpaired) electrons. The third-order valence-electron chi connectivity index (χ3n) is 3.21. The molecule has 2 aromatic heterocycles. The van der Waals surface area contributed by atoms with Crippen LogP contribution >= 0.6 is 0 Å². The molecule has 108 valence electrons. The third-order valence-corrected chi connectivity index (χ3v) is 3.21. The van der Waals surface area contributed by atoms with E-state index in [2.05, 4.69) is 15.0 Å². The van der Waals surface area contributed by atoms with E-state index in [0.717, 1.165) is 11.1 Å². The third kappa shape index (κ3) is 2.83. The predicted octanol–water partition coefficient (Wildman–Crippen LogP) is 3.21. The molecule has 2 heterocycles. The number of rotatable bonds is 3. The molecule has 5 nitrogen and oxygen atoms in total. The second kappa shape index (κ2) is 5.73. The largest absolute Gasteiger partial charge is 0.477 e. The molecule has 0 atom stereocenters. The summed E-state index contributed by atoms with van der Waals surface area (Å²) in [7, 11) is 0. The normalized spacial score (nSPS) is 10.4. The summed E-state index contributed by atoms with van der Waals surface area (Å²) < 4.78 is 0. The van der Waals surface area contributed by atoms with Crippen LogP contribution < -0.4 is 0 Å². The number of hydrogen-bond acceptors (Lipinski definition) is 4. The molecule has 0 bridgehead atoms. The summed E-state index contributed by atoms with van der Waals surface area (Å²) >= 11 is 0. The molecule has 0 aliphatic heterocycles. The van der Waals surface area contributed by atoms with Crippen LogP contribution in [0.25, 0.3) is 22.6 Å². The van der Waals surface area contributed by atoms with Crippen LogP contribution in [-0.2, 0) is 0 Å². The van der Waals surface area contributed by atoms with Crippen molar-refractivity contribution in [1.29, 1.82) is 0 Å². The maximum Gasteiger partial charge on any atom is 0.354 e. The number of hydrogen-bond donors (Lipinski definition) is 1. The van der Waals surface area contributed by atoms with E-state index >= 15 is 0 Å². The average Bonchev–Trinajstić information content (AvgIpc) is 2.56. The highest BCUT2D eigenvalue weighted by molar-refractivity contribution is 5.87. The smallest absolute Gasteiger partial charge is 0.354 e. The van der Waals surface area contributed by atoms with E-state index in [0.29, 0.717) is 17.1 Å². The van der Waals surface area contributed by atoms with Crippen LogP contribution in [0.4, 0.5) is 0 Å². The van der Waals surface area contributed by atoms with Crippen LogP contribution in [-0.4, -0.2) is 26.0 Å². The minimum absolute atomic E-state index is 0.0376. The highest BCUT2D eigenvalue weighted by Gasteiger charge is 2.13. The second-order valence-electron chi connectivity index (χ2n) is 4.87. The molecular weight excluding hydrogens is 278 g/mol. The first-order valence-electron chi connectivity index (χ1n) is 6.73. The Morgan fingerprint density at radius 3 is 2.45 bits per heavy atom. The lowest BCUT2D eigenvalue weighted by Crippen LogP contribution is -2.04. The van der Waals surface area contributed by atoms with Gasteiger partial charge in [-0.2, -0.15) is 0 Å². The first kappa shape index (κ1) is 13.9. The zero-order chi connectivity index (χ0) is 15.5. The number of aromatic carboxylic acids is 1. The molecule has 1 N–H and O–H groups in total. The van der Waals surface area contributed by atoms with Crippen molar-refractivity contribution < 1.29 is 9.90 Å². The number of carboxylic acid groups (broad SMARTS) is 1. The van der Waals surface area contributed by atoms with Crippen molar-refractivity contribution >= 4 is 5.97 Å². The summed E-state index contributed by atoms with van der Waals surface area (Å²) in [4.78, 5) is 23.9. The lowest BCUT2D eigenvalue weighted by Gasteiger charge is -2.06. The van der Waals surface area contributed by atoms with Gasteiger partial charge in [-0.1, -0.05) is 29.8 Å². The molecule has 1 aromatic carbocycles. The minimum Gasteiger partial charge on any atom is -0.477 e. The number of carbonyl (C=O) groups is 1.